The van der Waals surface area contributed by atoms with E-state index >= 15 is 0 Å². The van der Waals surface area contributed by atoms with Gasteiger partial charge in [-0.1, -0.05) is 47.2 Å². The number of carbonyl (C=O) groups is 1. The molecule has 7 nitrogen and oxygen atoms in total. The number of anilines is 1. The van der Waals surface area contributed by atoms with Crippen LogP contribution in [-0.4, -0.2) is 31.1 Å². The number of carbonyl (C=O) groups excluding carboxylic acids is 1. The van der Waals surface area contributed by atoms with Crippen LogP contribution in [0, 0.1) is 20.8 Å². The second kappa shape index (κ2) is 7.11. The number of hydrogen-bond acceptors (Lipinski definition) is 4. The van der Waals surface area contributed by atoms with Crippen molar-refractivity contribution in [3.63, 3.8) is 0 Å². The lowest BCUT2D eigenvalue weighted by Crippen LogP contribution is -2.13. The van der Waals surface area contributed by atoms with Gasteiger partial charge in [0, 0.05) is 11.3 Å². The maximum Gasteiger partial charge on any atom is 0.279 e. The summed E-state index contributed by atoms with van der Waals surface area (Å²) >= 11 is 0. The number of aromatic amines is 1. The average Bonchev–Trinajstić information content (AvgIpc) is 3.29. The summed E-state index contributed by atoms with van der Waals surface area (Å²) in [5.74, 6) is 0.109. The van der Waals surface area contributed by atoms with Crippen molar-refractivity contribution in [2.75, 3.05) is 5.32 Å². The van der Waals surface area contributed by atoms with Gasteiger partial charge in [0.05, 0.1) is 11.9 Å². The number of rotatable bonds is 4. The van der Waals surface area contributed by atoms with E-state index in [1.165, 1.54) is 0 Å². The Morgan fingerprint density at radius 1 is 1.04 bits per heavy atom. The zero-order valence-electron chi connectivity index (χ0n) is 15.9. The number of hydrogen-bond donors (Lipinski definition) is 2. The summed E-state index contributed by atoms with van der Waals surface area (Å²) in [5.41, 5.74) is 6.04. The van der Waals surface area contributed by atoms with Crippen molar-refractivity contribution in [2.24, 2.45) is 0 Å². The van der Waals surface area contributed by atoms with Crippen LogP contribution in [0.3, 0.4) is 0 Å². The van der Waals surface area contributed by atoms with E-state index in [1.807, 2.05) is 63.2 Å². The first-order chi connectivity index (χ1) is 13.5. The maximum absolute atomic E-state index is 12.7. The molecule has 0 fully saturated rings. The van der Waals surface area contributed by atoms with Crippen LogP contribution in [0.5, 0.6) is 0 Å². The zero-order chi connectivity index (χ0) is 19.7. The summed E-state index contributed by atoms with van der Waals surface area (Å²) in [6, 6.07) is 15.9. The highest BCUT2D eigenvalue weighted by atomic mass is 16.2. The van der Waals surface area contributed by atoms with Crippen molar-refractivity contribution < 1.29 is 4.79 Å². The number of H-pyrrole nitrogens is 1. The highest BCUT2D eigenvalue weighted by molar-refractivity contribution is 6.04. The third kappa shape index (κ3) is 3.42. The van der Waals surface area contributed by atoms with Gasteiger partial charge in [0.2, 0.25) is 0 Å². The van der Waals surface area contributed by atoms with Crippen LogP contribution < -0.4 is 5.32 Å². The molecule has 2 aromatic heterocycles. The van der Waals surface area contributed by atoms with E-state index < -0.39 is 0 Å². The highest BCUT2D eigenvalue weighted by Gasteiger charge is 2.18. The number of amides is 1. The Morgan fingerprint density at radius 3 is 2.54 bits per heavy atom. The Kier molecular flexibility index (Phi) is 4.49. The van der Waals surface area contributed by atoms with E-state index in [0.29, 0.717) is 5.82 Å². The van der Waals surface area contributed by atoms with E-state index in [-0.39, 0.29) is 11.6 Å². The standard InChI is InChI=1S/C21H20N6O/c1-13-6-4-8-16(10-13)19-15(3)23-25-20(19)22-21(28)18-12-27(26-24-18)17-9-5-7-14(2)11-17/h4-12H,1-3H3,(H2,22,23,25,28). The van der Waals surface area contributed by atoms with Crippen molar-refractivity contribution in [1.29, 1.82) is 0 Å². The molecule has 0 saturated carbocycles. The second-order valence-corrected chi connectivity index (χ2v) is 6.78. The second-order valence-electron chi connectivity index (χ2n) is 6.78. The summed E-state index contributed by atoms with van der Waals surface area (Å²) in [6.45, 7) is 5.95. The summed E-state index contributed by atoms with van der Waals surface area (Å²) in [5, 5.41) is 18.1. The zero-order valence-corrected chi connectivity index (χ0v) is 15.9. The monoisotopic (exact) mass is 372 g/mol. The van der Waals surface area contributed by atoms with Gasteiger partial charge < -0.3 is 5.32 Å². The molecule has 140 valence electrons. The molecule has 4 aromatic rings. The summed E-state index contributed by atoms with van der Waals surface area (Å²) in [4.78, 5) is 12.7. The number of aromatic nitrogens is 5. The van der Waals surface area contributed by atoms with Crippen LogP contribution in [0.25, 0.3) is 16.8 Å². The van der Waals surface area contributed by atoms with Crippen LogP contribution in [0.15, 0.2) is 54.7 Å². The molecule has 0 spiro atoms. The summed E-state index contributed by atoms with van der Waals surface area (Å²) < 4.78 is 1.58. The number of aryl methyl sites for hydroxylation is 3. The first-order valence-corrected chi connectivity index (χ1v) is 8.94. The number of benzene rings is 2. The highest BCUT2D eigenvalue weighted by Crippen LogP contribution is 2.30. The Morgan fingerprint density at radius 2 is 1.79 bits per heavy atom. The predicted molar refractivity (Wildman–Crippen MR) is 108 cm³/mol. The normalized spacial score (nSPS) is 10.8. The third-order valence-corrected chi connectivity index (χ3v) is 4.48. The third-order valence-electron chi connectivity index (χ3n) is 4.48. The topological polar surface area (TPSA) is 88.5 Å². The molecule has 4 rings (SSSR count). The van der Waals surface area contributed by atoms with Gasteiger partial charge in [-0.05, 0) is 44.0 Å². The van der Waals surface area contributed by atoms with Crippen molar-refractivity contribution >= 4 is 11.7 Å². The molecule has 0 aliphatic rings. The fourth-order valence-electron chi connectivity index (χ4n) is 3.11. The minimum atomic E-state index is -0.362. The van der Waals surface area contributed by atoms with Crippen molar-refractivity contribution in [3.05, 3.63) is 77.2 Å². The molecule has 2 heterocycles. The molecule has 7 heteroatoms. The molecule has 0 unspecified atom stereocenters. The fourth-order valence-corrected chi connectivity index (χ4v) is 3.11. The SMILES string of the molecule is Cc1cccc(-c2c(NC(=O)c3cn(-c4cccc(C)c4)nn3)n[nH]c2C)c1. The van der Waals surface area contributed by atoms with Gasteiger partial charge in [-0.15, -0.1) is 5.10 Å². The van der Waals surface area contributed by atoms with E-state index in [9.17, 15) is 4.79 Å². The van der Waals surface area contributed by atoms with Gasteiger partial charge in [0.15, 0.2) is 11.5 Å². The Hall–Kier alpha value is -3.74. The molecule has 0 aliphatic carbocycles. The molecule has 2 aromatic carbocycles. The molecule has 1 amide bonds. The average molecular weight is 372 g/mol. The van der Waals surface area contributed by atoms with E-state index in [4.69, 9.17) is 0 Å². The molecule has 0 saturated heterocycles. The van der Waals surface area contributed by atoms with Gasteiger partial charge >= 0.3 is 0 Å². The van der Waals surface area contributed by atoms with Gasteiger partial charge in [0.1, 0.15) is 0 Å². The summed E-state index contributed by atoms with van der Waals surface area (Å²) in [7, 11) is 0. The van der Waals surface area contributed by atoms with Crippen LogP contribution in [0.1, 0.15) is 27.3 Å². The van der Waals surface area contributed by atoms with Crippen molar-refractivity contribution in [1.82, 2.24) is 25.2 Å². The first-order valence-electron chi connectivity index (χ1n) is 8.94. The van der Waals surface area contributed by atoms with Crippen LogP contribution in [0.2, 0.25) is 0 Å². The molecular formula is C21H20N6O. The van der Waals surface area contributed by atoms with Crippen LogP contribution in [-0.2, 0) is 0 Å². The molecule has 28 heavy (non-hydrogen) atoms. The predicted octanol–water partition coefficient (Wildman–Crippen LogP) is 3.83. The Bertz CT molecular complexity index is 1160. The van der Waals surface area contributed by atoms with Gasteiger partial charge in [0.25, 0.3) is 5.91 Å². The Balaban J connectivity index is 1.60. The van der Waals surface area contributed by atoms with Crippen molar-refractivity contribution in [2.45, 2.75) is 20.8 Å². The summed E-state index contributed by atoms with van der Waals surface area (Å²) in [6.07, 6.45) is 1.61. The quantitative estimate of drug-likeness (QED) is 0.570. The van der Waals surface area contributed by atoms with E-state index in [1.54, 1.807) is 10.9 Å². The molecule has 0 aliphatic heterocycles. The van der Waals surface area contributed by atoms with Crippen LogP contribution >= 0.6 is 0 Å². The Labute approximate surface area is 162 Å². The fraction of sp³-hybridized carbons (Fsp3) is 0.143. The molecule has 0 radical (unpaired) electrons. The molecular weight excluding hydrogens is 352 g/mol. The minimum Gasteiger partial charge on any atom is -0.303 e. The molecule has 0 atom stereocenters. The molecule has 0 bridgehead atoms. The number of nitrogens with one attached hydrogen (secondary N) is 2. The van der Waals surface area contributed by atoms with E-state index in [2.05, 4.69) is 31.9 Å². The lowest BCUT2D eigenvalue weighted by molar-refractivity contribution is 0.102. The minimum absolute atomic E-state index is 0.220. The number of nitrogens with zero attached hydrogens (tertiary/aromatic N) is 4. The van der Waals surface area contributed by atoms with Gasteiger partial charge in [-0.2, -0.15) is 5.10 Å². The maximum atomic E-state index is 12.7. The smallest absolute Gasteiger partial charge is 0.279 e. The van der Waals surface area contributed by atoms with E-state index in [0.717, 1.165) is 33.6 Å². The lowest BCUT2D eigenvalue weighted by Gasteiger charge is -2.06. The van der Waals surface area contributed by atoms with Gasteiger partial charge in [-0.25, -0.2) is 4.68 Å². The molecule has 2 N–H and O–H groups in total. The largest absolute Gasteiger partial charge is 0.303 e. The first kappa shape index (κ1) is 17.7. The lowest BCUT2D eigenvalue weighted by atomic mass is 10.0. The van der Waals surface area contributed by atoms with Crippen molar-refractivity contribution in [3.8, 4) is 16.8 Å². The van der Waals surface area contributed by atoms with Gasteiger partial charge in [-0.3, -0.25) is 9.89 Å². The van der Waals surface area contributed by atoms with Crippen LogP contribution in [0.4, 0.5) is 5.82 Å².